The fraction of sp³-hybridized carbons (Fsp3) is 0.294. The second-order valence-corrected chi connectivity index (χ2v) is 5.00. The van der Waals surface area contributed by atoms with Crippen molar-refractivity contribution in [2.75, 3.05) is 11.9 Å². The molecule has 1 amide bonds. The molecule has 0 bridgehead atoms. The highest BCUT2D eigenvalue weighted by Crippen LogP contribution is 2.18. The van der Waals surface area contributed by atoms with Crippen molar-refractivity contribution < 1.29 is 4.79 Å². The first-order chi connectivity index (χ1) is 10.1. The lowest BCUT2D eigenvalue weighted by Crippen LogP contribution is -2.18. The number of nitrogens with one attached hydrogen (secondary N) is 2. The van der Waals surface area contributed by atoms with Crippen LogP contribution in [0.5, 0.6) is 0 Å². The predicted octanol–water partition coefficient (Wildman–Crippen LogP) is 3.31. The Hall–Kier alpha value is -2.20. The monoisotopic (exact) mass is 283 g/mol. The number of pyridine rings is 1. The number of rotatable bonds is 5. The molecule has 1 heterocycles. The molecule has 21 heavy (non-hydrogen) atoms. The molecule has 1 aromatic carbocycles. The van der Waals surface area contributed by atoms with Gasteiger partial charge in [0.05, 0.1) is 5.56 Å². The molecule has 0 aliphatic carbocycles. The Morgan fingerprint density at radius 2 is 2.10 bits per heavy atom. The zero-order chi connectivity index (χ0) is 15.2. The summed E-state index contributed by atoms with van der Waals surface area (Å²) in [5.74, 6) is -0.131. The van der Waals surface area contributed by atoms with E-state index >= 15 is 0 Å². The minimum atomic E-state index is -0.131. The van der Waals surface area contributed by atoms with Crippen molar-refractivity contribution in [2.45, 2.75) is 26.8 Å². The molecule has 4 heteroatoms. The Bertz CT molecular complexity index is 625. The van der Waals surface area contributed by atoms with Crippen LogP contribution in [0.4, 0.5) is 5.69 Å². The van der Waals surface area contributed by atoms with Crippen LogP contribution in [0.1, 0.15) is 41.5 Å². The third-order valence-electron chi connectivity index (χ3n) is 3.41. The maximum atomic E-state index is 12.3. The van der Waals surface area contributed by atoms with Crippen LogP contribution in [0, 0.1) is 6.92 Å². The molecular formula is C17H21N3O. The van der Waals surface area contributed by atoms with Crippen LogP contribution < -0.4 is 10.6 Å². The molecule has 2 aromatic rings. The van der Waals surface area contributed by atoms with Crippen LogP contribution in [0.25, 0.3) is 0 Å². The maximum Gasteiger partial charge on any atom is 0.257 e. The molecule has 2 N–H and O–H groups in total. The maximum absolute atomic E-state index is 12.3. The second-order valence-electron chi connectivity index (χ2n) is 5.00. The van der Waals surface area contributed by atoms with Gasteiger partial charge in [0.2, 0.25) is 0 Å². The van der Waals surface area contributed by atoms with E-state index in [1.165, 1.54) is 0 Å². The average molecular weight is 283 g/mol. The number of nitrogens with zero attached hydrogens (tertiary/aromatic N) is 1. The van der Waals surface area contributed by atoms with E-state index in [-0.39, 0.29) is 11.9 Å². The lowest BCUT2D eigenvalue weighted by atomic mass is 10.1. The largest absolute Gasteiger partial charge is 0.322 e. The van der Waals surface area contributed by atoms with Crippen molar-refractivity contribution in [1.82, 2.24) is 10.3 Å². The molecule has 1 unspecified atom stereocenters. The number of benzene rings is 1. The SMILES string of the molecule is CCNC(C)c1cccc(NC(=O)c2cccnc2C)c1. The fourth-order valence-corrected chi connectivity index (χ4v) is 2.23. The van der Waals surface area contributed by atoms with Crippen molar-refractivity contribution in [3.63, 3.8) is 0 Å². The van der Waals surface area contributed by atoms with Gasteiger partial charge in [-0.25, -0.2) is 0 Å². The highest BCUT2D eigenvalue weighted by molar-refractivity contribution is 6.04. The molecule has 0 saturated heterocycles. The van der Waals surface area contributed by atoms with E-state index in [0.29, 0.717) is 5.56 Å². The first-order valence-electron chi connectivity index (χ1n) is 7.18. The molecule has 2 rings (SSSR count). The highest BCUT2D eigenvalue weighted by atomic mass is 16.1. The van der Waals surface area contributed by atoms with E-state index in [0.717, 1.165) is 23.5 Å². The molecule has 0 aliphatic heterocycles. The summed E-state index contributed by atoms with van der Waals surface area (Å²) >= 11 is 0. The van der Waals surface area contributed by atoms with Gasteiger partial charge in [-0.05, 0) is 50.2 Å². The molecule has 0 spiro atoms. The summed E-state index contributed by atoms with van der Waals surface area (Å²) in [5, 5.41) is 6.29. The number of anilines is 1. The van der Waals surface area contributed by atoms with Crippen LogP contribution in [0.2, 0.25) is 0 Å². The minimum Gasteiger partial charge on any atom is -0.322 e. The van der Waals surface area contributed by atoms with Crippen LogP contribution in [-0.4, -0.2) is 17.4 Å². The summed E-state index contributed by atoms with van der Waals surface area (Å²) < 4.78 is 0. The van der Waals surface area contributed by atoms with Crippen molar-refractivity contribution in [2.24, 2.45) is 0 Å². The minimum absolute atomic E-state index is 0.131. The van der Waals surface area contributed by atoms with E-state index in [1.807, 2.05) is 25.1 Å². The quantitative estimate of drug-likeness (QED) is 0.885. The summed E-state index contributed by atoms with van der Waals surface area (Å²) in [6.45, 7) is 6.92. The van der Waals surface area contributed by atoms with Gasteiger partial charge in [0.25, 0.3) is 5.91 Å². The molecule has 0 aliphatic rings. The van der Waals surface area contributed by atoms with Gasteiger partial charge in [-0.1, -0.05) is 19.1 Å². The van der Waals surface area contributed by atoms with Crippen LogP contribution in [-0.2, 0) is 0 Å². The summed E-state index contributed by atoms with van der Waals surface area (Å²) in [5.41, 5.74) is 3.28. The summed E-state index contributed by atoms with van der Waals surface area (Å²) in [4.78, 5) is 16.4. The first-order valence-corrected chi connectivity index (χ1v) is 7.18. The third kappa shape index (κ3) is 3.89. The third-order valence-corrected chi connectivity index (χ3v) is 3.41. The Kier molecular flexibility index (Phi) is 5.06. The van der Waals surface area contributed by atoms with Gasteiger partial charge in [-0.15, -0.1) is 0 Å². The fourth-order valence-electron chi connectivity index (χ4n) is 2.23. The normalized spacial score (nSPS) is 12.0. The predicted molar refractivity (Wildman–Crippen MR) is 85.5 cm³/mol. The van der Waals surface area contributed by atoms with E-state index in [9.17, 15) is 4.79 Å². The van der Waals surface area contributed by atoms with Gasteiger partial charge in [0.15, 0.2) is 0 Å². The zero-order valence-corrected chi connectivity index (χ0v) is 12.7. The van der Waals surface area contributed by atoms with Gasteiger partial charge in [-0.3, -0.25) is 9.78 Å². The molecule has 0 saturated carbocycles. The van der Waals surface area contributed by atoms with Gasteiger partial charge >= 0.3 is 0 Å². The van der Waals surface area contributed by atoms with E-state index in [4.69, 9.17) is 0 Å². The van der Waals surface area contributed by atoms with E-state index < -0.39 is 0 Å². The Morgan fingerprint density at radius 1 is 1.29 bits per heavy atom. The molecule has 1 atom stereocenters. The van der Waals surface area contributed by atoms with Gasteiger partial charge < -0.3 is 10.6 Å². The lowest BCUT2D eigenvalue weighted by Gasteiger charge is -2.14. The van der Waals surface area contributed by atoms with E-state index in [1.54, 1.807) is 18.3 Å². The Balaban J connectivity index is 2.15. The molecule has 110 valence electrons. The van der Waals surface area contributed by atoms with Gasteiger partial charge in [0.1, 0.15) is 0 Å². The molecule has 0 radical (unpaired) electrons. The Labute approximate surface area is 125 Å². The lowest BCUT2D eigenvalue weighted by molar-refractivity contribution is 0.102. The topological polar surface area (TPSA) is 54.0 Å². The Morgan fingerprint density at radius 3 is 2.81 bits per heavy atom. The second kappa shape index (κ2) is 6.99. The number of carbonyl (C=O) groups is 1. The molecule has 4 nitrogen and oxygen atoms in total. The van der Waals surface area contributed by atoms with Crippen molar-refractivity contribution in [1.29, 1.82) is 0 Å². The summed E-state index contributed by atoms with van der Waals surface area (Å²) in [6, 6.07) is 11.7. The highest BCUT2D eigenvalue weighted by Gasteiger charge is 2.10. The molecular weight excluding hydrogens is 262 g/mol. The van der Waals surface area contributed by atoms with Gasteiger partial charge in [0, 0.05) is 23.6 Å². The number of carbonyl (C=O) groups excluding carboxylic acids is 1. The van der Waals surface area contributed by atoms with Crippen molar-refractivity contribution in [3.05, 3.63) is 59.4 Å². The van der Waals surface area contributed by atoms with Crippen LogP contribution in [0.15, 0.2) is 42.6 Å². The zero-order valence-electron chi connectivity index (χ0n) is 12.7. The van der Waals surface area contributed by atoms with Crippen LogP contribution in [0.3, 0.4) is 0 Å². The number of hydrogen-bond acceptors (Lipinski definition) is 3. The number of aryl methyl sites for hydroxylation is 1. The summed E-state index contributed by atoms with van der Waals surface area (Å²) in [7, 11) is 0. The number of aromatic nitrogens is 1. The molecule has 1 aromatic heterocycles. The number of hydrogen-bond donors (Lipinski definition) is 2. The number of amides is 1. The van der Waals surface area contributed by atoms with Crippen molar-refractivity contribution in [3.8, 4) is 0 Å². The standard InChI is InChI=1S/C17H21N3O/c1-4-18-12(2)14-7-5-8-15(11-14)20-17(21)16-9-6-10-19-13(16)3/h5-12,18H,4H2,1-3H3,(H,20,21). The van der Waals surface area contributed by atoms with E-state index in [2.05, 4.69) is 35.5 Å². The molecule has 0 fully saturated rings. The van der Waals surface area contributed by atoms with Crippen molar-refractivity contribution >= 4 is 11.6 Å². The smallest absolute Gasteiger partial charge is 0.257 e. The van der Waals surface area contributed by atoms with Gasteiger partial charge in [-0.2, -0.15) is 0 Å². The first kappa shape index (κ1) is 15.2. The average Bonchev–Trinajstić information content (AvgIpc) is 2.48. The van der Waals surface area contributed by atoms with Crippen LogP contribution >= 0.6 is 0 Å². The summed E-state index contributed by atoms with van der Waals surface area (Å²) in [6.07, 6.45) is 1.69.